The van der Waals surface area contributed by atoms with E-state index in [4.69, 9.17) is 56.8 Å². The molecule has 0 aromatic heterocycles. The van der Waals surface area contributed by atoms with Gasteiger partial charge >= 0.3 is 0 Å². The zero-order valence-electron chi connectivity index (χ0n) is 24.1. The molecule has 0 bridgehead atoms. The van der Waals surface area contributed by atoms with E-state index in [1.807, 2.05) is 0 Å². The fraction of sp³-hybridized carbons (Fsp3) is 1.00. The lowest BCUT2D eigenvalue weighted by molar-refractivity contribution is -0.352. The third kappa shape index (κ3) is 9.02. The highest BCUT2D eigenvalue weighted by Crippen LogP contribution is 2.32. The number of ether oxygens (including phenoxy) is 12. The Morgan fingerprint density at radius 2 is 0.780 bits per heavy atom. The van der Waals surface area contributed by atoms with Crippen molar-refractivity contribution >= 4 is 0 Å². The van der Waals surface area contributed by atoms with Crippen LogP contribution in [0.25, 0.3) is 0 Å². The topological polar surface area (TPSA) is 111 Å². The maximum absolute atomic E-state index is 6.74. The van der Waals surface area contributed by atoms with Crippen molar-refractivity contribution in [2.45, 2.75) is 139 Å². The second-order valence-corrected chi connectivity index (χ2v) is 11.5. The first-order valence-electron chi connectivity index (χ1n) is 15.9. The largest absolute Gasteiger partial charge is 0.353 e. The predicted octanol–water partition coefficient (Wildman–Crippen LogP) is 3.34. The third-order valence-electron chi connectivity index (χ3n) is 8.25. The molecule has 0 amide bonds. The minimum absolute atomic E-state index is 0.222. The number of rotatable bonds is 16. The lowest BCUT2D eigenvalue weighted by Gasteiger charge is -2.40. The van der Waals surface area contributed by atoms with Crippen LogP contribution in [0.2, 0.25) is 0 Å². The Morgan fingerprint density at radius 1 is 0.415 bits per heavy atom. The molecule has 6 heterocycles. The van der Waals surface area contributed by atoms with E-state index in [0.717, 1.165) is 77.0 Å². The summed E-state index contributed by atoms with van der Waals surface area (Å²) in [7, 11) is 0. The smallest absolute Gasteiger partial charge is 0.192 e. The molecule has 12 nitrogen and oxygen atoms in total. The summed E-state index contributed by atoms with van der Waals surface area (Å²) >= 11 is 0. The Bertz CT molecular complexity index is 705. The zero-order chi connectivity index (χ0) is 27.7. The lowest BCUT2D eigenvalue weighted by atomic mass is 10.1. The van der Waals surface area contributed by atoms with Crippen LogP contribution in [0.3, 0.4) is 0 Å². The Balaban J connectivity index is 1.29. The van der Waals surface area contributed by atoms with Crippen molar-refractivity contribution in [2.75, 3.05) is 46.2 Å². The van der Waals surface area contributed by atoms with Crippen LogP contribution in [0.4, 0.5) is 0 Å². The average molecular weight is 589 g/mol. The summed E-state index contributed by atoms with van der Waals surface area (Å²) in [5.41, 5.74) is 0. The van der Waals surface area contributed by atoms with Gasteiger partial charge in [-0.1, -0.05) is 0 Å². The SMILES string of the molecule is C1COC(OCC(OC2CCCO2)C(OC2CCCO2)C(OC2CCCO2)C(OC2CCCO2)OC2CCCO2)C1. The first-order valence-corrected chi connectivity index (χ1v) is 15.9. The summed E-state index contributed by atoms with van der Waals surface area (Å²) in [6.07, 6.45) is 5.06. The molecule has 6 fully saturated rings. The van der Waals surface area contributed by atoms with Crippen LogP contribution in [0.15, 0.2) is 0 Å². The van der Waals surface area contributed by atoms with Crippen molar-refractivity contribution in [3.05, 3.63) is 0 Å². The van der Waals surface area contributed by atoms with E-state index in [1.54, 1.807) is 0 Å². The number of hydrogen-bond acceptors (Lipinski definition) is 12. The fourth-order valence-corrected chi connectivity index (χ4v) is 6.08. The maximum Gasteiger partial charge on any atom is 0.192 e. The van der Waals surface area contributed by atoms with Gasteiger partial charge in [-0.2, -0.15) is 0 Å². The summed E-state index contributed by atoms with van der Waals surface area (Å²) in [5, 5.41) is 0. The highest BCUT2D eigenvalue weighted by molar-refractivity contribution is 4.87. The second kappa shape index (κ2) is 16.0. The van der Waals surface area contributed by atoms with Crippen LogP contribution in [0.5, 0.6) is 0 Å². The van der Waals surface area contributed by atoms with E-state index in [-0.39, 0.29) is 19.2 Å². The molecule has 0 aromatic rings. The minimum Gasteiger partial charge on any atom is -0.353 e. The monoisotopic (exact) mass is 588 g/mol. The summed E-state index contributed by atoms with van der Waals surface area (Å²) in [4.78, 5) is 0. The van der Waals surface area contributed by atoms with E-state index in [9.17, 15) is 0 Å². The van der Waals surface area contributed by atoms with E-state index in [2.05, 4.69) is 0 Å². The normalized spacial score (nSPS) is 37.2. The van der Waals surface area contributed by atoms with Gasteiger partial charge in [0.15, 0.2) is 44.0 Å². The van der Waals surface area contributed by atoms with E-state index in [0.29, 0.717) is 39.6 Å². The van der Waals surface area contributed by atoms with Gasteiger partial charge in [0, 0.05) is 78.2 Å². The summed E-state index contributed by atoms with van der Waals surface area (Å²) < 4.78 is 74.6. The molecular formula is C29H48O12. The molecular weight excluding hydrogens is 540 g/mol. The van der Waals surface area contributed by atoms with Gasteiger partial charge in [-0.05, 0) is 38.5 Å². The van der Waals surface area contributed by atoms with Crippen LogP contribution in [0, 0.1) is 0 Å². The molecule has 0 aromatic carbocycles. The molecule has 0 radical (unpaired) electrons. The molecule has 0 aliphatic carbocycles. The van der Waals surface area contributed by atoms with Gasteiger partial charge in [-0.3, -0.25) is 0 Å². The maximum atomic E-state index is 6.74. The van der Waals surface area contributed by atoms with Gasteiger partial charge < -0.3 is 56.8 Å². The van der Waals surface area contributed by atoms with Gasteiger partial charge in [0.1, 0.15) is 18.3 Å². The first-order chi connectivity index (χ1) is 20.3. The molecule has 6 rings (SSSR count). The Kier molecular flexibility index (Phi) is 11.9. The molecule has 6 aliphatic rings. The predicted molar refractivity (Wildman–Crippen MR) is 140 cm³/mol. The van der Waals surface area contributed by atoms with Crippen molar-refractivity contribution < 1.29 is 56.8 Å². The highest BCUT2D eigenvalue weighted by atomic mass is 16.8. The molecule has 9 unspecified atom stereocenters. The van der Waals surface area contributed by atoms with Crippen molar-refractivity contribution in [1.82, 2.24) is 0 Å². The molecule has 0 spiro atoms. The minimum atomic E-state index is -0.866. The third-order valence-corrected chi connectivity index (χ3v) is 8.25. The van der Waals surface area contributed by atoms with Crippen LogP contribution in [-0.2, 0) is 56.8 Å². The van der Waals surface area contributed by atoms with Crippen LogP contribution in [-0.4, -0.2) is 109 Å². The summed E-state index contributed by atoms with van der Waals surface area (Å²) in [6.45, 7) is 4.13. The molecule has 12 heteroatoms. The van der Waals surface area contributed by atoms with Gasteiger partial charge in [-0.15, -0.1) is 0 Å². The van der Waals surface area contributed by atoms with Gasteiger partial charge in [0.25, 0.3) is 0 Å². The zero-order valence-corrected chi connectivity index (χ0v) is 24.1. The van der Waals surface area contributed by atoms with Crippen LogP contribution >= 0.6 is 0 Å². The van der Waals surface area contributed by atoms with E-state index >= 15 is 0 Å². The van der Waals surface area contributed by atoms with Crippen molar-refractivity contribution in [2.24, 2.45) is 0 Å². The lowest BCUT2D eigenvalue weighted by Crippen LogP contribution is -2.56. The summed E-state index contributed by atoms with van der Waals surface area (Å²) in [6, 6.07) is 0. The van der Waals surface area contributed by atoms with Crippen LogP contribution in [0.1, 0.15) is 77.0 Å². The first kappa shape index (κ1) is 30.5. The molecule has 9 atom stereocenters. The fourth-order valence-electron chi connectivity index (χ4n) is 6.08. The summed E-state index contributed by atoms with van der Waals surface area (Å²) in [5.74, 6) is 0. The molecule has 6 saturated heterocycles. The van der Waals surface area contributed by atoms with Crippen molar-refractivity contribution in [3.8, 4) is 0 Å². The average Bonchev–Trinajstić information content (AvgIpc) is 3.83. The Labute approximate surface area is 242 Å². The number of hydrogen-bond donors (Lipinski definition) is 0. The Hall–Kier alpha value is -0.480. The van der Waals surface area contributed by atoms with Crippen molar-refractivity contribution in [3.63, 3.8) is 0 Å². The molecule has 6 aliphatic heterocycles. The molecule has 236 valence electrons. The van der Waals surface area contributed by atoms with Crippen LogP contribution < -0.4 is 0 Å². The quantitative estimate of drug-likeness (QED) is 0.247. The van der Waals surface area contributed by atoms with E-state index < -0.39 is 49.8 Å². The standard InChI is InChI=1S/C29H48O12/c1-7-21(30-13-1)36-19-20(37-22-8-2-14-31-22)27(38-23-9-3-15-32-23)28(39-24-10-4-16-33-24)29(40-25-11-5-17-34-25)41-26-12-6-18-35-26/h20-29H,1-19H2. The van der Waals surface area contributed by atoms with Crippen molar-refractivity contribution in [1.29, 1.82) is 0 Å². The van der Waals surface area contributed by atoms with Gasteiger partial charge in [-0.25, -0.2) is 0 Å². The highest BCUT2D eigenvalue weighted by Gasteiger charge is 2.46. The molecule has 41 heavy (non-hydrogen) atoms. The van der Waals surface area contributed by atoms with E-state index in [1.165, 1.54) is 0 Å². The molecule has 0 N–H and O–H groups in total. The van der Waals surface area contributed by atoms with Gasteiger partial charge in [0.2, 0.25) is 0 Å². The second-order valence-electron chi connectivity index (χ2n) is 11.5. The Morgan fingerprint density at radius 3 is 1.20 bits per heavy atom. The molecule has 0 saturated carbocycles. The van der Waals surface area contributed by atoms with Gasteiger partial charge in [0.05, 0.1) is 6.61 Å².